The molecule has 0 aliphatic carbocycles. The summed E-state index contributed by atoms with van der Waals surface area (Å²) in [6.07, 6.45) is 0. The van der Waals surface area contributed by atoms with E-state index in [1.54, 1.807) is 0 Å². The molecule has 0 bridgehead atoms. The topological polar surface area (TPSA) is 28.1 Å². The van der Waals surface area contributed by atoms with E-state index in [-0.39, 0.29) is 0 Å². The zero-order chi connectivity index (χ0) is 22.5. The molecule has 0 spiro atoms. The van der Waals surface area contributed by atoms with Crippen LogP contribution in [-0.2, 0) is 0 Å². The molecule has 166 valence electrons. The second-order valence-corrected chi connectivity index (χ2v) is 9.07. The van der Waals surface area contributed by atoms with Crippen LogP contribution in [0.1, 0.15) is 25.0 Å². The minimum absolute atomic E-state index is 0.685. The molecule has 1 saturated heterocycles. The van der Waals surface area contributed by atoms with Crippen molar-refractivity contribution in [2.45, 2.75) is 25.7 Å². The molecule has 0 saturated carbocycles. The van der Waals surface area contributed by atoms with Gasteiger partial charge in [-0.1, -0.05) is 55.3 Å². The van der Waals surface area contributed by atoms with Crippen molar-refractivity contribution in [1.29, 1.82) is 0 Å². The smallest absolute Gasteiger partial charge is 0.153 e. The van der Waals surface area contributed by atoms with Crippen molar-refractivity contribution in [3.63, 3.8) is 0 Å². The number of para-hydroxylation sites is 2. The molecule has 2 aliphatic heterocycles. The fraction of sp³-hybridized carbons (Fsp3) is 0.269. The van der Waals surface area contributed by atoms with Crippen molar-refractivity contribution in [3.05, 3.63) is 82.9 Å². The van der Waals surface area contributed by atoms with Gasteiger partial charge in [0.2, 0.25) is 0 Å². The number of rotatable bonds is 2. The van der Waals surface area contributed by atoms with Crippen LogP contribution in [0, 0.1) is 6.92 Å². The van der Waals surface area contributed by atoms with Gasteiger partial charge in [0.25, 0.3) is 0 Å². The molecule has 32 heavy (non-hydrogen) atoms. The van der Waals surface area contributed by atoms with Crippen LogP contribution in [0.5, 0.6) is 11.5 Å². The summed E-state index contributed by atoms with van der Waals surface area (Å²) in [7, 11) is 0. The highest BCUT2D eigenvalue weighted by molar-refractivity contribution is 7.97. The largest absolute Gasteiger partial charge is 0.454 e. The average molecular weight is 466 g/mol. The van der Waals surface area contributed by atoms with Gasteiger partial charge in [-0.05, 0) is 61.3 Å². The standard InChI is InChI=1S/C24H22ClN3OS.C2H6/c1-17-6-9-19(10-7-17)30-28-14-12-27(13-15-28)24-20-16-18(25)8-11-22(20)29-23-5-3-2-4-21(23)26-24;1-2/h2-11,16H,12-15H2,1H3;1-2H3. The van der Waals surface area contributed by atoms with Gasteiger partial charge in [0.05, 0.1) is 5.56 Å². The van der Waals surface area contributed by atoms with E-state index in [0.29, 0.717) is 5.02 Å². The number of amidine groups is 1. The zero-order valence-electron chi connectivity index (χ0n) is 18.7. The molecule has 1 fully saturated rings. The third-order valence-electron chi connectivity index (χ3n) is 5.29. The van der Waals surface area contributed by atoms with Gasteiger partial charge in [-0.15, -0.1) is 0 Å². The SMILES string of the molecule is CC.Cc1ccc(SN2CCN(C3=Nc4ccccc4Oc4ccc(Cl)cc43)CC2)cc1. The summed E-state index contributed by atoms with van der Waals surface area (Å²) in [6, 6.07) is 22.4. The first-order valence-electron chi connectivity index (χ1n) is 11.1. The van der Waals surface area contributed by atoms with Crippen molar-refractivity contribution in [2.75, 3.05) is 26.2 Å². The fourth-order valence-electron chi connectivity index (χ4n) is 3.68. The van der Waals surface area contributed by atoms with Gasteiger partial charge >= 0.3 is 0 Å². The number of hydrogen-bond acceptors (Lipinski definition) is 5. The molecule has 2 aliphatic rings. The quantitative estimate of drug-likeness (QED) is 0.374. The van der Waals surface area contributed by atoms with E-state index in [4.69, 9.17) is 21.3 Å². The Labute approximate surface area is 200 Å². The summed E-state index contributed by atoms with van der Waals surface area (Å²) >= 11 is 8.15. The van der Waals surface area contributed by atoms with Crippen molar-refractivity contribution in [2.24, 2.45) is 4.99 Å². The number of piperazine rings is 1. The van der Waals surface area contributed by atoms with Crippen LogP contribution < -0.4 is 4.74 Å². The Morgan fingerprint density at radius 2 is 1.59 bits per heavy atom. The lowest BCUT2D eigenvalue weighted by atomic mass is 10.1. The molecule has 2 heterocycles. The Hall–Kier alpha value is -2.47. The lowest BCUT2D eigenvalue weighted by molar-refractivity contribution is 0.282. The molecule has 0 amide bonds. The van der Waals surface area contributed by atoms with Crippen LogP contribution >= 0.6 is 23.5 Å². The van der Waals surface area contributed by atoms with E-state index in [1.165, 1.54) is 10.5 Å². The molecule has 0 radical (unpaired) electrons. The van der Waals surface area contributed by atoms with E-state index in [9.17, 15) is 0 Å². The van der Waals surface area contributed by atoms with Gasteiger partial charge in [-0.25, -0.2) is 9.30 Å². The summed E-state index contributed by atoms with van der Waals surface area (Å²) in [6.45, 7) is 9.82. The number of aryl methyl sites for hydroxylation is 1. The number of hydrogen-bond donors (Lipinski definition) is 0. The van der Waals surface area contributed by atoms with Crippen molar-refractivity contribution < 1.29 is 4.74 Å². The molecule has 3 aromatic rings. The predicted molar refractivity (Wildman–Crippen MR) is 136 cm³/mol. The number of ether oxygens (including phenoxy) is 1. The highest BCUT2D eigenvalue weighted by Crippen LogP contribution is 2.39. The lowest BCUT2D eigenvalue weighted by Crippen LogP contribution is -2.46. The van der Waals surface area contributed by atoms with E-state index >= 15 is 0 Å². The highest BCUT2D eigenvalue weighted by atomic mass is 35.5. The lowest BCUT2D eigenvalue weighted by Gasteiger charge is -2.35. The van der Waals surface area contributed by atoms with Crippen molar-refractivity contribution in [1.82, 2.24) is 9.21 Å². The van der Waals surface area contributed by atoms with Crippen molar-refractivity contribution >= 4 is 35.1 Å². The highest BCUT2D eigenvalue weighted by Gasteiger charge is 2.26. The summed E-state index contributed by atoms with van der Waals surface area (Å²) < 4.78 is 8.59. The molecule has 5 rings (SSSR count). The summed E-state index contributed by atoms with van der Waals surface area (Å²) in [5.74, 6) is 2.49. The second-order valence-electron chi connectivity index (χ2n) is 7.47. The molecular formula is C26H28ClN3OS. The summed E-state index contributed by atoms with van der Waals surface area (Å²) in [5, 5.41) is 0.685. The van der Waals surface area contributed by atoms with E-state index in [0.717, 1.165) is 54.8 Å². The number of halogens is 1. The minimum Gasteiger partial charge on any atom is -0.454 e. The van der Waals surface area contributed by atoms with Crippen LogP contribution in [0.25, 0.3) is 0 Å². The van der Waals surface area contributed by atoms with Gasteiger partial charge in [-0.3, -0.25) is 0 Å². The molecule has 0 aromatic heterocycles. The Balaban J connectivity index is 0.00000119. The van der Waals surface area contributed by atoms with Crippen LogP contribution in [0.4, 0.5) is 5.69 Å². The monoisotopic (exact) mass is 465 g/mol. The normalized spacial score (nSPS) is 15.4. The Morgan fingerprint density at radius 1 is 0.875 bits per heavy atom. The molecule has 4 nitrogen and oxygen atoms in total. The maximum absolute atomic E-state index is 6.33. The number of nitrogens with zero attached hydrogens (tertiary/aromatic N) is 3. The first-order chi connectivity index (χ1) is 15.7. The van der Waals surface area contributed by atoms with Crippen molar-refractivity contribution in [3.8, 4) is 11.5 Å². The number of benzene rings is 3. The summed E-state index contributed by atoms with van der Waals surface area (Å²) in [5.41, 5.74) is 3.07. The predicted octanol–water partition coefficient (Wildman–Crippen LogP) is 7.18. The minimum atomic E-state index is 0.685. The van der Waals surface area contributed by atoms with Crippen LogP contribution in [0.15, 0.2) is 76.6 Å². The van der Waals surface area contributed by atoms with Crippen LogP contribution in [0.3, 0.4) is 0 Å². The molecule has 0 atom stereocenters. The van der Waals surface area contributed by atoms with Gasteiger partial charge in [0.1, 0.15) is 17.3 Å². The number of aliphatic imine (C=N–C) groups is 1. The fourth-order valence-corrected chi connectivity index (χ4v) is 4.75. The van der Waals surface area contributed by atoms with E-state index in [1.807, 2.05) is 68.3 Å². The first kappa shape index (κ1) is 22.7. The van der Waals surface area contributed by atoms with Gasteiger partial charge in [0.15, 0.2) is 5.75 Å². The Kier molecular flexibility index (Phi) is 7.40. The van der Waals surface area contributed by atoms with E-state index < -0.39 is 0 Å². The second kappa shape index (κ2) is 10.4. The molecule has 0 N–H and O–H groups in total. The molecule has 0 unspecified atom stereocenters. The number of fused-ring (bicyclic) bond motifs is 2. The maximum Gasteiger partial charge on any atom is 0.153 e. The average Bonchev–Trinajstić information content (AvgIpc) is 2.99. The summed E-state index contributed by atoms with van der Waals surface area (Å²) in [4.78, 5) is 8.62. The third-order valence-corrected chi connectivity index (χ3v) is 6.63. The van der Waals surface area contributed by atoms with Crippen LogP contribution in [0.2, 0.25) is 5.02 Å². The van der Waals surface area contributed by atoms with Crippen LogP contribution in [-0.4, -0.2) is 41.2 Å². The van der Waals surface area contributed by atoms with Gasteiger partial charge in [-0.2, -0.15) is 0 Å². The molecule has 6 heteroatoms. The Morgan fingerprint density at radius 3 is 2.34 bits per heavy atom. The molecular weight excluding hydrogens is 438 g/mol. The zero-order valence-corrected chi connectivity index (χ0v) is 20.3. The van der Waals surface area contributed by atoms with Gasteiger partial charge in [0, 0.05) is 36.1 Å². The third kappa shape index (κ3) is 5.12. The van der Waals surface area contributed by atoms with E-state index in [2.05, 4.69) is 40.4 Å². The molecule has 3 aromatic carbocycles. The Bertz CT molecular complexity index is 1090. The van der Waals surface area contributed by atoms with Gasteiger partial charge < -0.3 is 9.64 Å². The maximum atomic E-state index is 6.33. The first-order valence-corrected chi connectivity index (χ1v) is 12.2.